The van der Waals surface area contributed by atoms with Gasteiger partial charge < -0.3 is 20.2 Å². The number of nitrogens with one attached hydrogen (secondary N) is 1. The molecule has 0 saturated carbocycles. The quantitative estimate of drug-likeness (QED) is 0.840. The number of anilines is 1. The van der Waals surface area contributed by atoms with E-state index in [0.717, 1.165) is 5.76 Å². The number of furan rings is 1. The smallest absolute Gasteiger partial charge is 0.255 e. The molecule has 0 aliphatic carbocycles. The fourth-order valence-corrected chi connectivity index (χ4v) is 1.93. The van der Waals surface area contributed by atoms with E-state index in [2.05, 4.69) is 5.32 Å². The van der Waals surface area contributed by atoms with Crippen LogP contribution in [-0.2, 0) is 0 Å². The van der Waals surface area contributed by atoms with Gasteiger partial charge in [-0.2, -0.15) is 0 Å². The zero-order valence-electron chi connectivity index (χ0n) is 11.8. The molecule has 3 N–H and O–H groups in total. The maximum absolute atomic E-state index is 12.3. The fourth-order valence-electron chi connectivity index (χ4n) is 1.93. The van der Waals surface area contributed by atoms with Crippen molar-refractivity contribution in [3.05, 3.63) is 47.4 Å². The molecule has 0 bridgehead atoms. The van der Waals surface area contributed by atoms with E-state index >= 15 is 0 Å². The lowest BCUT2D eigenvalue weighted by Gasteiger charge is -2.14. The number of nitrogen functional groups attached to an aromatic ring is 1. The van der Waals surface area contributed by atoms with Crippen LogP contribution in [0.2, 0.25) is 0 Å². The predicted octanol–water partition coefficient (Wildman–Crippen LogP) is 2.67. The fraction of sp³-hybridized carbons (Fsp3) is 0.267. The molecule has 5 nitrogen and oxygen atoms in total. The summed E-state index contributed by atoms with van der Waals surface area (Å²) in [7, 11) is 1.52. The Balaban J connectivity index is 2.18. The zero-order valence-corrected chi connectivity index (χ0v) is 11.8. The van der Waals surface area contributed by atoms with Crippen molar-refractivity contribution in [3.63, 3.8) is 0 Å². The number of hydrogen-bond donors (Lipinski definition) is 2. The van der Waals surface area contributed by atoms with E-state index < -0.39 is 0 Å². The third-order valence-electron chi connectivity index (χ3n) is 3.00. The van der Waals surface area contributed by atoms with E-state index in [4.69, 9.17) is 14.9 Å². The van der Waals surface area contributed by atoms with Crippen LogP contribution in [0.4, 0.5) is 5.69 Å². The van der Waals surface area contributed by atoms with Crippen molar-refractivity contribution in [2.45, 2.75) is 19.9 Å². The van der Waals surface area contributed by atoms with Crippen LogP contribution in [0.15, 0.2) is 34.7 Å². The lowest BCUT2D eigenvalue weighted by Crippen LogP contribution is -2.26. The highest BCUT2D eigenvalue weighted by Gasteiger charge is 2.17. The van der Waals surface area contributed by atoms with Gasteiger partial charge in [0.2, 0.25) is 0 Å². The van der Waals surface area contributed by atoms with Gasteiger partial charge in [-0.05, 0) is 44.2 Å². The third-order valence-corrected chi connectivity index (χ3v) is 3.00. The first-order valence-electron chi connectivity index (χ1n) is 6.32. The van der Waals surface area contributed by atoms with Gasteiger partial charge in [-0.25, -0.2) is 0 Å². The van der Waals surface area contributed by atoms with E-state index in [1.807, 2.05) is 26.0 Å². The zero-order chi connectivity index (χ0) is 14.7. The summed E-state index contributed by atoms with van der Waals surface area (Å²) >= 11 is 0. The molecule has 0 fully saturated rings. The van der Waals surface area contributed by atoms with Crippen LogP contribution in [0.1, 0.15) is 34.8 Å². The van der Waals surface area contributed by atoms with Gasteiger partial charge in [0, 0.05) is 5.69 Å². The van der Waals surface area contributed by atoms with Gasteiger partial charge in [0.25, 0.3) is 5.91 Å². The molecule has 0 saturated heterocycles. The molecule has 0 aliphatic rings. The van der Waals surface area contributed by atoms with Crippen molar-refractivity contribution < 1.29 is 13.9 Å². The highest BCUT2D eigenvalue weighted by atomic mass is 16.5. The van der Waals surface area contributed by atoms with Gasteiger partial charge in [-0.15, -0.1) is 0 Å². The number of aryl methyl sites for hydroxylation is 1. The van der Waals surface area contributed by atoms with E-state index in [1.165, 1.54) is 7.11 Å². The number of rotatable bonds is 4. The molecule has 106 valence electrons. The lowest BCUT2D eigenvalue weighted by molar-refractivity contribution is 0.0932. The number of benzene rings is 1. The van der Waals surface area contributed by atoms with Crippen molar-refractivity contribution >= 4 is 11.6 Å². The van der Waals surface area contributed by atoms with Gasteiger partial charge in [0.1, 0.15) is 17.3 Å². The van der Waals surface area contributed by atoms with E-state index in [1.54, 1.807) is 18.2 Å². The van der Waals surface area contributed by atoms with Crippen molar-refractivity contribution in [2.24, 2.45) is 0 Å². The Morgan fingerprint density at radius 2 is 2.10 bits per heavy atom. The Morgan fingerprint density at radius 3 is 2.70 bits per heavy atom. The first kappa shape index (κ1) is 14.0. The number of carbonyl (C=O) groups excluding carboxylic acids is 1. The first-order chi connectivity index (χ1) is 9.51. The molecule has 1 amide bonds. The van der Waals surface area contributed by atoms with E-state index in [9.17, 15) is 4.79 Å². The lowest BCUT2D eigenvalue weighted by atomic mass is 10.1. The highest BCUT2D eigenvalue weighted by Crippen LogP contribution is 2.22. The average molecular weight is 274 g/mol. The Labute approximate surface area is 117 Å². The summed E-state index contributed by atoms with van der Waals surface area (Å²) in [5, 5.41) is 2.86. The number of methoxy groups -OCH3 is 1. The monoisotopic (exact) mass is 274 g/mol. The minimum absolute atomic E-state index is 0.234. The Morgan fingerprint density at radius 1 is 1.35 bits per heavy atom. The molecule has 1 aromatic heterocycles. The number of carbonyl (C=O) groups is 1. The molecular weight excluding hydrogens is 256 g/mol. The second kappa shape index (κ2) is 5.69. The molecule has 1 aromatic carbocycles. The molecule has 1 unspecified atom stereocenters. The molecule has 0 radical (unpaired) electrons. The Hall–Kier alpha value is -2.43. The molecular formula is C15H18N2O3. The van der Waals surface area contributed by atoms with Crippen LogP contribution >= 0.6 is 0 Å². The summed E-state index contributed by atoms with van der Waals surface area (Å²) in [6, 6.07) is 8.42. The summed E-state index contributed by atoms with van der Waals surface area (Å²) in [4.78, 5) is 12.3. The summed E-state index contributed by atoms with van der Waals surface area (Å²) in [5.74, 6) is 1.75. The first-order valence-corrected chi connectivity index (χ1v) is 6.32. The average Bonchev–Trinajstić information content (AvgIpc) is 2.85. The molecule has 5 heteroatoms. The molecule has 1 heterocycles. The van der Waals surface area contributed by atoms with Crippen molar-refractivity contribution in [1.82, 2.24) is 5.32 Å². The normalized spacial score (nSPS) is 11.9. The summed E-state index contributed by atoms with van der Waals surface area (Å²) in [5.41, 5.74) is 6.63. The van der Waals surface area contributed by atoms with Gasteiger partial charge in [-0.3, -0.25) is 4.79 Å². The largest absolute Gasteiger partial charge is 0.496 e. The highest BCUT2D eigenvalue weighted by molar-refractivity contribution is 5.98. The summed E-state index contributed by atoms with van der Waals surface area (Å²) in [6.45, 7) is 3.72. The van der Waals surface area contributed by atoms with Gasteiger partial charge in [0.15, 0.2) is 0 Å². The van der Waals surface area contributed by atoms with Crippen LogP contribution in [0.25, 0.3) is 0 Å². The van der Waals surface area contributed by atoms with Crippen LogP contribution in [0.3, 0.4) is 0 Å². The Bertz CT molecular complexity index is 619. The second-order valence-corrected chi connectivity index (χ2v) is 4.60. The molecule has 2 aromatic rings. The van der Waals surface area contributed by atoms with E-state index in [-0.39, 0.29) is 11.9 Å². The number of nitrogens with two attached hydrogens (primary N) is 1. The number of ether oxygens (including phenoxy) is 1. The number of amides is 1. The summed E-state index contributed by atoms with van der Waals surface area (Å²) in [6.07, 6.45) is 0. The van der Waals surface area contributed by atoms with Gasteiger partial charge in [0.05, 0.1) is 18.7 Å². The standard InChI is InChI=1S/C15H18N2O3/c1-9-4-6-13(20-9)10(2)17-15(18)12-8-11(16)5-7-14(12)19-3/h4-8,10H,16H2,1-3H3,(H,17,18). The molecule has 2 rings (SSSR count). The maximum atomic E-state index is 12.3. The predicted molar refractivity (Wildman–Crippen MR) is 76.7 cm³/mol. The SMILES string of the molecule is COc1ccc(N)cc1C(=O)NC(C)c1ccc(C)o1. The minimum Gasteiger partial charge on any atom is -0.496 e. The molecule has 20 heavy (non-hydrogen) atoms. The summed E-state index contributed by atoms with van der Waals surface area (Å²) < 4.78 is 10.7. The van der Waals surface area contributed by atoms with Crippen molar-refractivity contribution in [2.75, 3.05) is 12.8 Å². The van der Waals surface area contributed by atoms with Crippen LogP contribution in [0, 0.1) is 6.92 Å². The molecule has 1 atom stereocenters. The van der Waals surface area contributed by atoms with Crippen LogP contribution in [0.5, 0.6) is 5.75 Å². The van der Waals surface area contributed by atoms with Gasteiger partial charge >= 0.3 is 0 Å². The second-order valence-electron chi connectivity index (χ2n) is 4.60. The number of hydrogen-bond acceptors (Lipinski definition) is 4. The van der Waals surface area contributed by atoms with Crippen molar-refractivity contribution in [3.8, 4) is 5.75 Å². The minimum atomic E-state index is -0.254. The van der Waals surface area contributed by atoms with Crippen LogP contribution < -0.4 is 15.8 Å². The van der Waals surface area contributed by atoms with Crippen molar-refractivity contribution in [1.29, 1.82) is 0 Å². The maximum Gasteiger partial charge on any atom is 0.255 e. The Kier molecular flexibility index (Phi) is 3.98. The third kappa shape index (κ3) is 2.93. The molecule has 0 aliphatic heterocycles. The van der Waals surface area contributed by atoms with E-state index in [0.29, 0.717) is 22.8 Å². The van der Waals surface area contributed by atoms with Gasteiger partial charge in [-0.1, -0.05) is 0 Å². The molecule has 0 spiro atoms. The van der Waals surface area contributed by atoms with Crippen LogP contribution in [-0.4, -0.2) is 13.0 Å². The topological polar surface area (TPSA) is 77.5 Å².